The third-order valence-corrected chi connectivity index (χ3v) is 2.95. The van der Waals surface area contributed by atoms with Crippen LogP contribution in [0.3, 0.4) is 0 Å². The number of amides is 1. The zero-order chi connectivity index (χ0) is 12.3. The van der Waals surface area contributed by atoms with Crippen molar-refractivity contribution in [2.45, 2.75) is 6.54 Å². The van der Waals surface area contributed by atoms with Gasteiger partial charge in [-0.15, -0.1) is 0 Å². The standard InChI is InChI=1S/C12H12BrN3O/c1-16(12(17)10-6-14-15-7-10)8-9-2-4-11(13)5-3-9/h2-7H,8H2,1H3,(H,14,15). The summed E-state index contributed by atoms with van der Waals surface area (Å²) in [6.07, 6.45) is 3.13. The van der Waals surface area contributed by atoms with Crippen LogP contribution < -0.4 is 0 Å². The van der Waals surface area contributed by atoms with Crippen LogP contribution in [0.4, 0.5) is 0 Å². The van der Waals surface area contributed by atoms with Crippen molar-refractivity contribution in [2.75, 3.05) is 7.05 Å². The van der Waals surface area contributed by atoms with Crippen LogP contribution in [-0.4, -0.2) is 28.1 Å². The molecule has 0 aliphatic heterocycles. The molecule has 0 aliphatic carbocycles. The average molecular weight is 294 g/mol. The van der Waals surface area contributed by atoms with Gasteiger partial charge < -0.3 is 4.90 Å². The first kappa shape index (κ1) is 11.9. The molecule has 1 amide bonds. The van der Waals surface area contributed by atoms with Crippen LogP contribution in [0.15, 0.2) is 41.1 Å². The van der Waals surface area contributed by atoms with Crippen molar-refractivity contribution in [1.82, 2.24) is 15.1 Å². The van der Waals surface area contributed by atoms with Crippen LogP contribution >= 0.6 is 15.9 Å². The summed E-state index contributed by atoms with van der Waals surface area (Å²) in [5.41, 5.74) is 1.66. The summed E-state index contributed by atoms with van der Waals surface area (Å²) in [4.78, 5) is 13.6. The van der Waals surface area contributed by atoms with Gasteiger partial charge in [-0.05, 0) is 17.7 Å². The number of hydrogen-bond donors (Lipinski definition) is 1. The fraction of sp³-hybridized carbons (Fsp3) is 0.167. The Labute approximate surface area is 108 Å². The summed E-state index contributed by atoms with van der Waals surface area (Å²) in [6, 6.07) is 7.91. The highest BCUT2D eigenvalue weighted by Crippen LogP contribution is 2.12. The van der Waals surface area contributed by atoms with Gasteiger partial charge in [0.1, 0.15) is 0 Å². The van der Waals surface area contributed by atoms with E-state index < -0.39 is 0 Å². The Morgan fingerprint density at radius 3 is 2.71 bits per heavy atom. The molecular weight excluding hydrogens is 282 g/mol. The molecule has 1 N–H and O–H groups in total. The van der Waals surface area contributed by atoms with Gasteiger partial charge in [0, 0.05) is 24.3 Å². The zero-order valence-electron chi connectivity index (χ0n) is 9.35. The molecule has 0 atom stereocenters. The van der Waals surface area contributed by atoms with Crippen molar-refractivity contribution in [3.63, 3.8) is 0 Å². The molecule has 1 aromatic carbocycles. The van der Waals surface area contributed by atoms with E-state index in [4.69, 9.17) is 0 Å². The number of benzene rings is 1. The molecule has 88 valence electrons. The normalized spacial score (nSPS) is 10.2. The van der Waals surface area contributed by atoms with Crippen LogP contribution in [0.2, 0.25) is 0 Å². The fourth-order valence-corrected chi connectivity index (χ4v) is 1.79. The number of nitrogens with zero attached hydrogens (tertiary/aromatic N) is 2. The highest BCUT2D eigenvalue weighted by atomic mass is 79.9. The monoisotopic (exact) mass is 293 g/mol. The van der Waals surface area contributed by atoms with E-state index in [9.17, 15) is 4.79 Å². The van der Waals surface area contributed by atoms with Gasteiger partial charge >= 0.3 is 0 Å². The number of nitrogens with one attached hydrogen (secondary N) is 1. The summed E-state index contributed by atoms with van der Waals surface area (Å²) < 4.78 is 1.03. The van der Waals surface area contributed by atoms with Gasteiger partial charge in [0.15, 0.2) is 0 Å². The van der Waals surface area contributed by atoms with Crippen molar-refractivity contribution in [3.8, 4) is 0 Å². The predicted molar refractivity (Wildman–Crippen MR) is 68.5 cm³/mol. The average Bonchev–Trinajstić information content (AvgIpc) is 2.84. The van der Waals surface area contributed by atoms with E-state index in [1.54, 1.807) is 18.1 Å². The fourth-order valence-electron chi connectivity index (χ4n) is 1.52. The van der Waals surface area contributed by atoms with Gasteiger partial charge in [0.05, 0.1) is 11.8 Å². The molecule has 4 nitrogen and oxygen atoms in total. The maximum absolute atomic E-state index is 11.9. The third-order valence-electron chi connectivity index (χ3n) is 2.42. The van der Waals surface area contributed by atoms with Crippen LogP contribution in [0, 0.1) is 0 Å². The number of halogens is 1. The summed E-state index contributed by atoms with van der Waals surface area (Å²) in [5, 5.41) is 6.40. The molecule has 0 saturated carbocycles. The van der Waals surface area contributed by atoms with Gasteiger partial charge in [-0.2, -0.15) is 5.10 Å². The van der Waals surface area contributed by atoms with Crippen molar-refractivity contribution in [2.24, 2.45) is 0 Å². The number of aromatic amines is 1. The summed E-state index contributed by atoms with van der Waals surface area (Å²) >= 11 is 3.38. The predicted octanol–water partition coefficient (Wildman–Crippen LogP) is 2.44. The van der Waals surface area contributed by atoms with Crippen molar-refractivity contribution < 1.29 is 4.79 Å². The highest BCUT2D eigenvalue weighted by molar-refractivity contribution is 9.10. The molecule has 0 spiro atoms. The van der Waals surface area contributed by atoms with E-state index in [2.05, 4.69) is 26.1 Å². The number of rotatable bonds is 3. The lowest BCUT2D eigenvalue weighted by Crippen LogP contribution is -2.25. The zero-order valence-corrected chi connectivity index (χ0v) is 10.9. The number of carbonyl (C=O) groups excluding carboxylic acids is 1. The summed E-state index contributed by atoms with van der Waals surface area (Å²) in [6.45, 7) is 0.581. The largest absolute Gasteiger partial charge is 0.337 e. The van der Waals surface area contributed by atoms with Crippen molar-refractivity contribution in [3.05, 3.63) is 52.3 Å². The first-order valence-corrected chi connectivity index (χ1v) is 5.95. The first-order valence-electron chi connectivity index (χ1n) is 5.15. The molecule has 0 saturated heterocycles. The molecule has 2 aromatic rings. The molecule has 0 bridgehead atoms. The Bertz CT molecular complexity index is 493. The molecule has 0 unspecified atom stereocenters. The molecule has 1 heterocycles. The number of hydrogen-bond acceptors (Lipinski definition) is 2. The Hall–Kier alpha value is -1.62. The minimum atomic E-state index is -0.0401. The Balaban J connectivity index is 2.04. The van der Waals surface area contributed by atoms with Gasteiger partial charge in [-0.1, -0.05) is 28.1 Å². The molecular formula is C12H12BrN3O. The first-order chi connectivity index (χ1) is 8.16. The summed E-state index contributed by atoms with van der Waals surface area (Å²) in [5.74, 6) is -0.0401. The van der Waals surface area contributed by atoms with E-state index in [1.165, 1.54) is 6.20 Å². The maximum Gasteiger partial charge on any atom is 0.257 e. The lowest BCUT2D eigenvalue weighted by atomic mass is 10.2. The van der Waals surface area contributed by atoms with Crippen LogP contribution in [0.5, 0.6) is 0 Å². The third kappa shape index (κ3) is 2.94. The molecule has 2 rings (SSSR count). The Morgan fingerprint density at radius 1 is 1.41 bits per heavy atom. The van der Waals surface area contributed by atoms with E-state index >= 15 is 0 Å². The lowest BCUT2D eigenvalue weighted by molar-refractivity contribution is 0.0785. The van der Waals surface area contributed by atoms with Crippen molar-refractivity contribution in [1.29, 1.82) is 0 Å². The molecule has 0 radical (unpaired) electrons. The summed E-state index contributed by atoms with van der Waals surface area (Å²) in [7, 11) is 1.78. The second kappa shape index (κ2) is 5.14. The molecule has 17 heavy (non-hydrogen) atoms. The Kier molecular flexibility index (Phi) is 3.58. The van der Waals surface area contributed by atoms with Gasteiger partial charge in [-0.25, -0.2) is 0 Å². The molecule has 0 fully saturated rings. The van der Waals surface area contributed by atoms with E-state index in [1.807, 2.05) is 24.3 Å². The van der Waals surface area contributed by atoms with Crippen LogP contribution in [-0.2, 0) is 6.54 Å². The van der Waals surface area contributed by atoms with E-state index in [-0.39, 0.29) is 5.91 Å². The quantitative estimate of drug-likeness (QED) is 0.945. The van der Waals surface area contributed by atoms with Crippen LogP contribution in [0.25, 0.3) is 0 Å². The van der Waals surface area contributed by atoms with Gasteiger partial charge in [-0.3, -0.25) is 9.89 Å². The van der Waals surface area contributed by atoms with Crippen molar-refractivity contribution >= 4 is 21.8 Å². The number of carbonyl (C=O) groups is 1. The van der Waals surface area contributed by atoms with E-state index in [0.717, 1.165) is 10.0 Å². The Morgan fingerprint density at radius 2 is 2.12 bits per heavy atom. The maximum atomic E-state index is 11.9. The number of H-pyrrole nitrogens is 1. The minimum absolute atomic E-state index is 0.0401. The number of aromatic nitrogens is 2. The minimum Gasteiger partial charge on any atom is -0.337 e. The highest BCUT2D eigenvalue weighted by Gasteiger charge is 2.12. The van der Waals surface area contributed by atoms with Gasteiger partial charge in [0.25, 0.3) is 5.91 Å². The lowest BCUT2D eigenvalue weighted by Gasteiger charge is -2.16. The van der Waals surface area contributed by atoms with E-state index in [0.29, 0.717) is 12.1 Å². The second-order valence-corrected chi connectivity index (χ2v) is 4.69. The van der Waals surface area contributed by atoms with Crippen LogP contribution in [0.1, 0.15) is 15.9 Å². The smallest absolute Gasteiger partial charge is 0.257 e. The second-order valence-electron chi connectivity index (χ2n) is 3.77. The SMILES string of the molecule is CN(Cc1ccc(Br)cc1)C(=O)c1cn[nH]c1. The molecule has 5 heteroatoms. The molecule has 0 aliphatic rings. The molecule has 1 aromatic heterocycles. The van der Waals surface area contributed by atoms with Gasteiger partial charge in [0.2, 0.25) is 0 Å². The topological polar surface area (TPSA) is 49.0 Å².